The van der Waals surface area contributed by atoms with E-state index in [-0.39, 0.29) is 12.7 Å². The topological polar surface area (TPSA) is 96.3 Å². The predicted molar refractivity (Wildman–Crippen MR) is 97.7 cm³/mol. The van der Waals surface area contributed by atoms with Crippen molar-refractivity contribution in [2.24, 2.45) is 0 Å². The molecule has 8 heteroatoms. The number of benzene rings is 1. The highest BCUT2D eigenvalue weighted by Crippen LogP contribution is 2.36. The van der Waals surface area contributed by atoms with E-state index in [1.165, 1.54) is 11.3 Å². The van der Waals surface area contributed by atoms with Crippen molar-refractivity contribution in [3.63, 3.8) is 0 Å². The van der Waals surface area contributed by atoms with Gasteiger partial charge in [0.25, 0.3) is 5.91 Å². The number of anilines is 1. The van der Waals surface area contributed by atoms with Gasteiger partial charge in [-0.05, 0) is 23.6 Å². The first-order valence-corrected chi connectivity index (χ1v) is 8.82. The number of amides is 1. The molecule has 0 unspecified atom stereocenters. The Morgan fingerprint density at radius 2 is 2.12 bits per heavy atom. The van der Waals surface area contributed by atoms with Crippen LogP contribution in [0.25, 0.3) is 10.9 Å². The lowest BCUT2D eigenvalue weighted by Crippen LogP contribution is -2.28. The lowest BCUT2D eigenvalue weighted by molar-refractivity contribution is 0.0959. The summed E-state index contributed by atoms with van der Waals surface area (Å²) >= 11 is 1.39. The van der Waals surface area contributed by atoms with Crippen LogP contribution in [0.5, 0.6) is 11.5 Å². The van der Waals surface area contributed by atoms with Gasteiger partial charge in [-0.3, -0.25) is 4.79 Å². The molecule has 1 amide bonds. The molecule has 3 heterocycles. The number of pyridine rings is 1. The van der Waals surface area contributed by atoms with E-state index >= 15 is 0 Å². The second kappa shape index (κ2) is 6.90. The van der Waals surface area contributed by atoms with Gasteiger partial charge in [0.1, 0.15) is 11.9 Å². The van der Waals surface area contributed by atoms with Crippen molar-refractivity contribution in [3.05, 3.63) is 46.2 Å². The fourth-order valence-corrected chi connectivity index (χ4v) is 3.28. The quantitative estimate of drug-likeness (QED) is 0.674. The fraction of sp³-hybridized carbons (Fsp3) is 0.167. The summed E-state index contributed by atoms with van der Waals surface area (Å²) in [5.41, 5.74) is 1.14. The average molecular weight is 366 g/mol. The maximum absolute atomic E-state index is 11.9. The maximum Gasteiger partial charge on any atom is 0.261 e. The molecule has 0 atom stereocenters. The Hall–Kier alpha value is -3.31. The average Bonchev–Trinajstić information content (AvgIpc) is 3.33. The molecule has 0 fully saturated rings. The molecule has 4 rings (SSSR count). The Labute approximate surface area is 153 Å². The Balaban J connectivity index is 1.46. The van der Waals surface area contributed by atoms with E-state index in [2.05, 4.69) is 21.7 Å². The van der Waals surface area contributed by atoms with Crippen LogP contribution in [0, 0.1) is 11.3 Å². The summed E-state index contributed by atoms with van der Waals surface area (Å²) in [4.78, 5) is 17.1. The Bertz CT molecular complexity index is 1010. The van der Waals surface area contributed by atoms with Crippen LogP contribution in [-0.2, 0) is 0 Å². The number of nitrogens with zero attached hydrogens (tertiary/aromatic N) is 2. The minimum Gasteiger partial charge on any atom is -0.454 e. The lowest BCUT2D eigenvalue weighted by atomic mass is 10.1. The van der Waals surface area contributed by atoms with Gasteiger partial charge >= 0.3 is 0 Å². The molecule has 0 bridgehead atoms. The molecule has 2 N–H and O–H groups in total. The minimum absolute atomic E-state index is 0.110. The maximum atomic E-state index is 11.9. The number of rotatable bonds is 5. The zero-order valence-electron chi connectivity index (χ0n) is 13.6. The number of fused-ring (bicyclic) bond motifs is 2. The molecule has 3 aromatic rings. The summed E-state index contributed by atoms with van der Waals surface area (Å²) in [7, 11) is 0. The van der Waals surface area contributed by atoms with Crippen LogP contribution >= 0.6 is 11.3 Å². The molecule has 0 radical (unpaired) electrons. The van der Waals surface area contributed by atoms with Gasteiger partial charge in [-0.25, -0.2) is 4.98 Å². The Kier molecular flexibility index (Phi) is 4.29. The first-order chi connectivity index (χ1) is 12.7. The Morgan fingerprint density at radius 1 is 1.27 bits per heavy atom. The third kappa shape index (κ3) is 3.12. The number of hydrogen-bond donors (Lipinski definition) is 2. The van der Waals surface area contributed by atoms with Crippen LogP contribution in [0.2, 0.25) is 0 Å². The number of ether oxygens (including phenoxy) is 2. The zero-order chi connectivity index (χ0) is 17.9. The standard InChI is InChI=1S/C18H14N4O3S/c19-9-12-6-11-7-14-15(25-10-24-14)8-13(11)22-17(12)20-3-4-21-18(23)16-2-1-5-26-16/h1-2,5-8H,3-4,10H2,(H,20,22)(H,21,23). The van der Waals surface area contributed by atoms with Crippen molar-refractivity contribution in [2.75, 3.05) is 25.2 Å². The normalized spacial score (nSPS) is 12.0. The third-order valence-electron chi connectivity index (χ3n) is 3.88. The number of thiophene rings is 1. The molecule has 0 saturated carbocycles. The van der Waals surface area contributed by atoms with E-state index in [4.69, 9.17) is 9.47 Å². The highest BCUT2D eigenvalue weighted by atomic mass is 32.1. The van der Waals surface area contributed by atoms with Gasteiger partial charge < -0.3 is 20.1 Å². The van der Waals surface area contributed by atoms with E-state index in [1.807, 2.05) is 17.5 Å². The molecular formula is C18H14N4O3S. The predicted octanol–water partition coefficient (Wildman–Crippen LogP) is 2.74. The molecule has 1 aliphatic rings. The summed E-state index contributed by atoms with van der Waals surface area (Å²) in [6, 6.07) is 11.1. The second-order valence-corrected chi connectivity index (χ2v) is 6.50. The second-order valence-electron chi connectivity index (χ2n) is 5.55. The van der Waals surface area contributed by atoms with E-state index in [0.29, 0.717) is 46.4 Å². The number of carbonyl (C=O) groups is 1. The van der Waals surface area contributed by atoms with Crippen molar-refractivity contribution in [1.29, 1.82) is 5.26 Å². The van der Waals surface area contributed by atoms with Crippen LogP contribution in [0.1, 0.15) is 15.2 Å². The molecule has 7 nitrogen and oxygen atoms in total. The molecule has 0 aliphatic carbocycles. The van der Waals surface area contributed by atoms with Crippen molar-refractivity contribution in [3.8, 4) is 17.6 Å². The van der Waals surface area contributed by atoms with Crippen LogP contribution in [0.3, 0.4) is 0 Å². The molecule has 1 aromatic carbocycles. The SMILES string of the molecule is N#Cc1cc2cc3c(cc2nc1NCCNC(=O)c1cccs1)OCO3. The van der Waals surface area contributed by atoms with Gasteiger partial charge in [0, 0.05) is 24.5 Å². The minimum atomic E-state index is -0.110. The lowest BCUT2D eigenvalue weighted by Gasteiger charge is -2.10. The molecule has 0 saturated heterocycles. The van der Waals surface area contributed by atoms with Crippen LogP contribution in [-0.4, -0.2) is 30.8 Å². The van der Waals surface area contributed by atoms with Crippen molar-refractivity contribution in [2.45, 2.75) is 0 Å². The van der Waals surface area contributed by atoms with E-state index in [0.717, 1.165) is 5.39 Å². The van der Waals surface area contributed by atoms with Crippen LogP contribution < -0.4 is 20.1 Å². The molecule has 130 valence electrons. The van der Waals surface area contributed by atoms with Crippen molar-refractivity contribution < 1.29 is 14.3 Å². The van der Waals surface area contributed by atoms with Crippen molar-refractivity contribution >= 4 is 34.0 Å². The number of carbonyl (C=O) groups excluding carboxylic acids is 1. The molecule has 0 spiro atoms. The third-order valence-corrected chi connectivity index (χ3v) is 4.75. The molecule has 1 aliphatic heterocycles. The van der Waals surface area contributed by atoms with Gasteiger partial charge in [0.15, 0.2) is 11.5 Å². The van der Waals surface area contributed by atoms with Gasteiger partial charge in [-0.2, -0.15) is 5.26 Å². The summed E-state index contributed by atoms with van der Waals surface area (Å²) in [6.07, 6.45) is 0. The zero-order valence-corrected chi connectivity index (χ0v) is 14.4. The molecule has 2 aromatic heterocycles. The van der Waals surface area contributed by atoms with Crippen LogP contribution in [0.15, 0.2) is 35.7 Å². The monoisotopic (exact) mass is 366 g/mol. The van der Waals surface area contributed by atoms with Crippen molar-refractivity contribution in [1.82, 2.24) is 10.3 Å². The van der Waals surface area contributed by atoms with Gasteiger partial charge in [0.05, 0.1) is 16.0 Å². The number of aromatic nitrogens is 1. The van der Waals surface area contributed by atoms with Crippen LogP contribution in [0.4, 0.5) is 5.82 Å². The molecular weight excluding hydrogens is 352 g/mol. The number of hydrogen-bond acceptors (Lipinski definition) is 7. The smallest absolute Gasteiger partial charge is 0.261 e. The number of nitrogens with one attached hydrogen (secondary N) is 2. The van der Waals surface area contributed by atoms with E-state index < -0.39 is 0 Å². The summed E-state index contributed by atoms with van der Waals surface area (Å²) in [5.74, 6) is 1.66. The first kappa shape index (κ1) is 16.2. The highest BCUT2D eigenvalue weighted by Gasteiger charge is 2.16. The number of nitriles is 1. The Morgan fingerprint density at radius 3 is 2.88 bits per heavy atom. The first-order valence-electron chi connectivity index (χ1n) is 7.94. The van der Waals surface area contributed by atoms with Gasteiger partial charge in [-0.1, -0.05) is 6.07 Å². The fourth-order valence-electron chi connectivity index (χ4n) is 2.64. The van der Waals surface area contributed by atoms with E-state index in [1.54, 1.807) is 18.2 Å². The highest BCUT2D eigenvalue weighted by molar-refractivity contribution is 7.12. The van der Waals surface area contributed by atoms with Gasteiger partial charge in [0.2, 0.25) is 6.79 Å². The summed E-state index contributed by atoms with van der Waals surface area (Å²) in [5, 5.41) is 18.0. The summed E-state index contributed by atoms with van der Waals surface area (Å²) in [6.45, 7) is 1.06. The van der Waals surface area contributed by atoms with E-state index in [9.17, 15) is 10.1 Å². The summed E-state index contributed by atoms with van der Waals surface area (Å²) < 4.78 is 10.7. The molecule has 26 heavy (non-hydrogen) atoms. The van der Waals surface area contributed by atoms with Gasteiger partial charge in [-0.15, -0.1) is 11.3 Å². The largest absolute Gasteiger partial charge is 0.454 e.